The summed E-state index contributed by atoms with van der Waals surface area (Å²) in [6.07, 6.45) is 1.11. The van der Waals surface area contributed by atoms with E-state index in [1.54, 1.807) is 24.3 Å². The molecule has 0 aliphatic carbocycles. The van der Waals surface area contributed by atoms with Gasteiger partial charge in [0, 0.05) is 6.08 Å². The van der Waals surface area contributed by atoms with Gasteiger partial charge in [0.2, 0.25) is 0 Å². The molecule has 0 aliphatic rings. The Kier molecular flexibility index (Phi) is 6.87. The summed E-state index contributed by atoms with van der Waals surface area (Å²) in [5.74, 6) is -0.0396. The van der Waals surface area contributed by atoms with E-state index < -0.39 is 5.97 Å². The van der Waals surface area contributed by atoms with Gasteiger partial charge < -0.3 is 6.16 Å². The Bertz CT molecular complexity index is 601. The number of esters is 1. The Morgan fingerprint density at radius 1 is 1.00 bits per heavy atom. The van der Waals surface area contributed by atoms with Gasteiger partial charge in [0.05, 0.1) is 11.4 Å². The Balaban J connectivity index is 0.00000200. The average Bonchev–Trinajstić information content (AvgIpc) is 2.47. The van der Waals surface area contributed by atoms with Crippen LogP contribution >= 0.6 is 0 Å². The third-order valence-electron chi connectivity index (χ3n) is 2.26. The van der Waals surface area contributed by atoms with Crippen molar-refractivity contribution in [1.82, 2.24) is 0 Å². The molecule has 0 fully saturated rings. The number of carbonyl (C=O) groups is 1. The van der Waals surface area contributed by atoms with E-state index in [9.17, 15) is 4.79 Å². The van der Waals surface area contributed by atoms with Crippen molar-refractivity contribution in [2.45, 2.75) is 0 Å². The number of nitrogens with zero attached hydrogens (tertiary/aromatic N) is 2. The molecule has 0 aliphatic heterocycles. The molecule has 0 heterocycles. The van der Waals surface area contributed by atoms with E-state index in [2.05, 4.69) is 16.8 Å². The van der Waals surface area contributed by atoms with E-state index in [-0.39, 0.29) is 31.0 Å². The van der Waals surface area contributed by atoms with Crippen LogP contribution in [0.25, 0.3) is 0 Å². The molecule has 0 saturated heterocycles. The summed E-state index contributed by atoms with van der Waals surface area (Å²) in [4.78, 5) is 11.0. The quantitative estimate of drug-likeness (QED) is 0.278. The predicted octanol–water partition coefficient (Wildman–Crippen LogP) is 1.31. The number of hydrogen-bond donors (Lipinski definition) is 0. The van der Waals surface area contributed by atoms with Crippen molar-refractivity contribution in [3.05, 3.63) is 67.3 Å². The van der Waals surface area contributed by atoms with Gasteiger partial charge >= 0.3 is 35.5 Å². The van der Waals surface area contributed by atoms with E-state index >= 15 is 0 Å². The Labute approximate surface area is 141 Å². The Morgan fingerprint density at radius 3 is 2.10 bits per heavy atom. The molecule has 0 bridgehead atoms. The molecule has 5 heteroatoms. The summed E-state index contributed by atoms with van der Waals surface area (Å²) in [6.45, 7) is 3.33. The molecule has 0 atom stereocenters. The first-order chi connectivity index (χ1) is 9.28. The maximum absolute atomic E-state index is 11.0. The van der Waals surface area contributed by atoms with E-state index in [0.29, 0.717) is 11.4 Å². The first kappa shape index (κ1) is 16.3. The van der Waals surface area contributed by atoms with Gasteiger partial charge in [-0.25, -0.2) is 4.79 Å². The number of rotatable bonds is 4. The van der Waals surface area contributed by atoms with Crippen molar-refractivity contribution < 1.29 is 40.5 Å². The second kappa shape index (κ2) is 8.43. The molecule has 0 amide bonds. The molecule has 2 rings (SSSR count). The predicted molar refractivity (Wildman–Crippen MR) is 74.0 cm³/mol. The van der Waals surface area contributed by atoms with Crippen LogP contribution in [0.5, 0.6) is 5.75 Å². The fourth-order valence-corrected chi connectivity index (χ4v) is 1.35. The van der Waals surface area contributed by atoms with Gasteiger partial charge in [0.25, 0.3) is 0 Å². The van der Waals surface area contributed by atoms with Gasteiger partial charge in [0.1, 0.15) is 5.75 Å². The summed E-state index contributed by atoms with van der Waals surface area (Å²) >= 11 is 0. The molecular formula is C15H13N2NaO2. The van der Waals surface area contributed by atoms with Crippen LogP contribution < -0.4 is 34.3 Å². The molecule has 20 heavy (non-hydrogen) atoms. The van der Waals surface area contributed by atoms with Gasteiger partial charge in [0.15, 0.2) is 0 Å². The zero-order valence-corrected chi connectivity index (χ0v) is 13.2. The zero-order chi connectivity index (χ0) is 13.5. The van der Waals surface area contributed by atoms with Crippen LogP contribution in [0.2, 0.25) is 0 Å². The average molecular weight is 276 g/mol. The van der Waals surface area contributed by atoms with Crippen LogP contribution in [-0.2, 0) is 4.79 Å². The minimum absolute atomic E-state index is 0. The monoisotopic (exact) mass is 276 g/mol. The molecule has 0 spiro atoms. The van der Waals surface area contributed by atoms with Gasteiger partial charge in [-0.1, -0.05) is 24.8 Å². The molecular weight excluding hydrogens is 263 g/mol. The van der Waals surface area contributed by atoms with Gasteiger partial charge in [-0.3, -0.25) is 0 Å². The topological polar surface area (TPSA) is 51.0 Å². The minimum Gasteiger partial charge on any atom is -1.00 e. The smallest absolute Gasteiger partial charge is 1.00 e. The number of carbonyl (C=O) groups excluding carboxylic acids is 1. The maximum atomic E-state index is 11.0. The molecule has 0 radical (unpaired) electrons. The third-order valence-corrected chi connectivity index (χ3v) is 2.26. The van der Waals surface area contributed by atoms with E-state index in [1.165, 1.54) is 0 Å². The van der Waals surface area contributed by atoms with Crippen LogP contribution in [0, 0.1) is 0 Å². The fraction of sp³-hybridized carbons (Fsp3) is 0. The van der Waals surface area contributed by atoms with Crippen molar-refractivity contribution in [1.29, 1.82) is 0 Å². The Hall–Kier alpha value is -1.75. The summed E-state index contributed by atoms with van der Waals surface area (Å²) in [7, 11) is 0. The SMILES string of the molecule is C=CC(=O)Oc1ccc(N=Nc2ccccc2)cc1.[H-].[Na+]. The largest absolute Gasteiger partial charge is 1.00 e. The molecule has 0 saturated carbocycles. The number of azo groups is 1. The maximum Gasteiger partial charge on any atom is 1.00 e. The van der Waals surface area contributed by atoms with E-state index in [1.807, 2.05) is 30.3 Å². The van der Waals surface area contributed by atoms with Crippen LogP contribution in [-0.4, -0.2) is 5.97 Å². The fourth-order valence-electron chi connectivity index (χ4n) is 1.35. The summed E-state index contributed by atoms with van der Waals surface area (Å²) in [5.41, 5.74) is 1.46. The van der Waals surface area contributed by atoms with Crippen LogP contribution in [0.3, 0.4) is 0 Å². The molecule has 2 aromatic rings. The van der Waals surface area contributed by atoms with E-state index in [0.717, 1.165) is 11.8 Å². The van der Waals surface area contributed by atoms with Gasteiger partial charge in [-0.05, 0) is 36.4 Å². The normalized spacial score (nSPS) is 9.80. The van der Waals surface area contributed by atoms with Crippen LogP contribution in [0.4, 0.5) is 11.4 Å². The van der Waals surface area contributed by atoms with Crippen LogP contribution in [0.1, 0.15) is 1.43 Å². The molecule has 96 valence electrons. The molecule has 2 aromatic carbocycles. The van der Waals surface area contributed by atoms with Crippen LogP contribution in [0.15, 0.2) is 77.5 Å². The zero-order valence-electron chi connectivity index (χ0n) is 12.2. The summed E-state index contributed by atoms with van der Waals surface area (Å²) in [6, 6.07) is 16.2. The summed E-state index contributed by atoms with van der Waals surface area (Å²) in [5, 5.41) is 8.17. The third kappa shape index (κ3) is 5.09. The van der Waals surface area contributed by atoms with Crippen molar-refractivity contribution in [2.24, 2.45) is 10.2 Å². The van der Waals surface area contributed by atoms with Gasteiger partial charge in [-0.15, -0.1) is 0 Å². The standard InChI is InChI=1S/C15H12N2O2.Na.H/c1-2-15(18)19-14-10-8-13(9-11-14)17-16-12-6-4-3-5-7-12;;/h2-11H,1H2;;/q;+1;-1. The summed E-state index contributed by atoms with van der Waals surface area (Å²) < 4.78 is 4.95. The first-order valence-corrected chi connectivity index (χ1v) is 5.69. The number of ether oxygens (including phenoxy) is 1. The Morgan fingerprint density at radius 2 is 1.55 bits per heavy atom. The minimum atomic E-state index is -0.487. The number of benzene rings is 2. The van der Waals surface area contributed by atoms with Crippen molar-refractivity contribution in [3.63, 3.8) is 0 Å². The van der Waals surface area contributed by atoms with Crippen molar-refractivity contribution in [2.75, 3.05) is 0 Å². The van der Waals surface area contributed by atoms with E-state index in [4.69, 9.17) is 4.74 Å². The molecule has 0 unspecified atom stereocenters. The van der Waals surface area contributed by atoms with Crippen molar-refractivity contribution >= 4 is 17.3 Å². The molecule has 0 N–H and O–H groups in total. The number of hydrogen-bond acceptors (Lipinski definition) is 4. The van der Waals surface area contributed by atoms with Gasteiger partial charge in [-0.2, -0.15) is 10.2 Å². The molecule has 0 aromatic heterocycles. The van der Waals surface area contributed by atoms with Crippen molar-refractivity contribution in [3.8, 4) is 5.75 Å². The first-order valence-electron chi connectivity index (χ1n) is 5.69. The second-order valence-electron chi connectivity index (χ2n) is 3.65. The molecule has 4 nitrogen and oxygen atoms in total. The second-order valence-corrected chi connectivity index (χ2v) is 3.65.